The predicted molar refractivity (Wildman–Crippen MR) is 79.4 cm³/mol. The molecule has 2 rings (SSSR count). The van der Waals surface area contributed by atoms with Crippen molar-refractivity contribution in [1.29, 1.82) is 0 Å². The standard InChI is InChI=1S/C13H21BrN4O/c1-16-4-5-17(2)11(9-16)7-15-13(19)12-6-10(14)8-18(12)3/h6,8,11H,4-5,7,9H2,1-3H3,(H,15,19). The summed E-state index contributed by atoms with van der Waals surface area (Å²) in [6.45, 7) is 3.81. The zero-order chi connectivity index (χ0) is 14.0. The molecule has 1 saturated heterocycles. The van der Waals surface area contributed by atoms with Gasteiger partial charge in [0.15, 0.2) is 0 Å². The number of hydrogen-bond acceptors (Lipinski definition) is 3. The highest BCUT2D eigenvalue weighted by Crippen LogP contribution is 2.13. The van der Waals surface area contributed by atoms with E-state index in [1.165, 1.54) is 0 Å². The molecule has 0 aliphatic carbocycles. The van der Waals surface area contributed by atoms with Gasteiger partial charge in [0, 0.05) is 49.9 Å². The number of halogens is 1. The molecule has 0 aromatic carbocycles. The molecule has 2 heterocycles. The summed E-state index contributed by atoms with van der Waals surface area (Å²) < 4.78 is 2.76. The Morgan fingerprint density at radius 2 is 2.16 bits per heavy atom. The lowest BCUT2D eigenvalue weighted by Gasteiger charge is -2.37. The van der Waals surface area contributed by atoms with Crippen LogP contribution in [-0.2, 0) is 7.05 Å². The van der Waals surface area contributed by atoms with Gasteiger partial charge in [-0.2, -0.15) is 0 Å². The first-order chi connectivity index (χ1) is 8.97. The lowest BCUT2D eigenvalue weighted by Crippen LogP contribution is -2.54. The Morgan fingerprint density at radius 3 is 2.79 bits per heavy atom. The molecule has 6 heteroatoms. The first-order valence-corrected chi connectivity index (χ1v) is 7.25. The SMILES string of the molecule is CN1CCN(C)C(CNC(=O)c2cc(Br)cn2C)C1. The number of hydrogen-bond donors (Lipinski definition) is 1. The van der Waals surface area contributed by atoms with Gasteiger partial charge in [-0.3, -0.25) is 9.69 Å². The van der Waals surface area contributed by atoms with Crippen LogP contribution in [0, 0.1) is 0 Å². The fourth-order valence-electron chi connectivity index (χ4n) is 2.37. The summed E-state index contributed by atoms with van der Waals surface area (Å²) >= 11 is 3.38. The number of carbonyl (C=O) groups is 1. The Hall–Kier alpha value is -0.850. The van der Waals surface area contributed by atoms with Crippen molar-refractivity contribution in [1.82, 2.24) is 19.7 Å². The molecule has 1 amide bonds. The van der Waals surface area contributed by atoms with E-state index in [4.69, 9.17) is 0 Å². The van der Waals surface area contributed by atoms with E-state index in [0.29, 0.717) is 18.3 Å². The number of amides is 1. The minimum absolute atomic E-state index is 0.0187. The van der Waals surface area contributed by atoms with Crippen LogP contribution in [0.5, 0.6) is 0 Å². The first kappa shape index (κ1) is 14.6. The van der Waals surface area contributed by atoms with Crippen LogP contribution in [0.1, 0.15) is 10.5 Å². The number of aryl methyl sites for hydroxylation is 1. The van der Waals surface area contributed by atoms with Gasteiger partial charge in [-0.15, -0.1) is 0 Å². The maximum atomic E-state index is 12.1. The second kappa shape index (κ2) is 6.07. The number of likely N-dealkylation sites (N-methyl/N-ethyl adjacent to an activating group) is 2. The number of nitrogens with one attached hydrogen (secondary N) is 1. The average Bonchev–Trinajstić information content (AvgIpc) is 2.69. The predicted octanol–water partition coefficient (Wildman–Crippen LogP) is 0.763. The monoisotopic (exact) mass is 328 g/mol. The molecule has 1 unspecified atom stereocenters. The zero-order valence-corrected chi connectivity index (χ0v) is 13.3. The van der Waals surface area contributed by atoms with Gasteiger partial charge in [0.2, 0.25) is 0 Å². The Bertz CT molecular complexity index is 459. The van der Waals surface area contributed by atoms with Crippen molar-refractivity contribution in [3.63, 3.8) is 0 Å². The topological polar surface area (TPSA) is 40.5 Å². The van der Waals surface area contributed by atoms with Crippen molar-refractivity contribution in [2.45, 2.75) is 6.04 Å². The van der Waals surface area contributed by atoms with E-state index in [2.05, 4.69) is 45.1 Å². The summed E-state index contributed by atoms with van der Waals surface area (Å²) in [6, 6.07) is 2.22. The largest absolute Gasteiger partial charge is 0.349 e. The van der Waals surface area contributed by atoms with Gasteiger partial charge in [-0.25, -0.2) is 0 Å². The highest BCUT2D eigenvalue weighted by molar-refractivity contribution is 9.10. The van der Waals surface area contributed by atoms with E-state index in [-0.39, 0.29) is 5.91 Å². The van der Waals surface area contributed by atoms with Gasteiger partial charge >= 0.3 is 0 Å². The van der Waals surface area contributed by atoms with Crippen LogP contribution in [0.15, 0.2) is 16.7 Å². The van der Waals surface area contributed by atoms with Crippen molar-refractivity contribution >= 4 is 21.8 Å². The zero-order valence-electron chi connectivity index (χ0n) is 11.7. The van der Waals surface area contributed by atoms with Gasteiger partial charge in [-0.1, -0.05) is 0 Å². The molecule has 0 spiro atoms. The highest BCUT2D eigenvalue weighted by atomic mass is 79.9. The minimum Gasteiger partial charge on any atom is -0.349 e. The third kappa shape index (κ3) is 3.58. The van der Waals surface area contributed by atoms with Gasteiger partial charge in [0.25, 0.3) is 5.91 Å². The summed E-state index contributed by atoms with van der Waals surface area (Å²) in [5, 5.41) is 3.02. The highest BCUT2D eigenvalue weighted by Gasteiger charge is 2.23. The summed E-state index contributed by atoms with van der Waals surface area (Å²) in [7, 11) is 6.11. The maximum absolute atomic E-state index is 12.1. The quantitative estimate of drug-likeness (QED) is 0.890. The molecular weight excluding hydrogens is 308 g/mol. The van der Waals surface area contributed by atoms with Gasteiger partial charge in [-0.05, 0) is 36.1 Å². The first-order valence-electron chi connectivity index (χ1n) is 6.46. The number of nitrogens with zero attached hydrogens (tertiary/aromatic N) is 3. The van der Waals surface area contributed by atoms with E-state index in [1.54, 1.807) is 0 Å². The van der Waals surface area contributed by atoms with E-state index < -0.39 is 0 Å². The third-order valence-electron chi connectivity index (χ3n) is 3.68. The molecule has 0 bridgehead atoms. The van der Waals surface area contributed by atoms with Gasteiger partial charge in [0.05, 0.1) is 0 Å². The van der Waals surface area contributed by atoms with Crippen molar-refractivity contribution < 1.29 is 4.79 Å². The Kier molecular flexibility index (Phi) is 4.65. The van der Waals surface area contributed by atoms with Gasteiger partial charge < -0.3 is 14.8 Å². The Labute approximate surface area is 122 Å². The van der Waals surface area contributed by atoms with Crippen LogP contribution in [0.4, 0.5) is 0 Å². The van der Waals surface area contributed by atoms with E-state index >= 15 is 0 Å². The molecule has 0 radical (unpaired) electrons. The maximum Gasteiger partial charge on any atom is 0.267 e. The molecule has 106 valence electrons. The lowest BCUT2D eigenvalue weighted by molar-refractivity contribution is 0.0874. The molecule has 19 heavy (non-hydrogen) atoms. The number of aromatic nitrogens is 1. The molecule has 1 aromatic rings. The van der Waals surface area contributed by atoms with E-state index in [9.17, 15) is 4.79 Å². The van der Waals surface area contributed by atoms with Crippen LogP contribution in [0.3, 0.4) is 0 Å². The molecule has 5 nitrogen and oxygen atoms in total. The van der Waals surface area contributed by atoms with Gasteiger partial charge in [0.1, 0.15) is 5.69 Å². The van der Waals surface area contributed by atoms with Crippen LogP contribution < -0.4 is 5.32 Å². The number of carbonyl (C=O) groups excluding carboxylic acids is 1. The van der Waals surface area contributed by atoms with E-state index in [0.717, 1.165) is 24.1 Å². The molecule has 1 aliphatic rings. The van der Waals surface area contributed by atoms with Crippen molar-refractivity contribution in [3.05, 3.63) is 22.4 Å². The fourth-order valence-corrected chi connectivity index (χ4v) is 2.90. The van der Waals surface area contributed by atoms with Crippen LogP contribution >= 0.6 is 15.9 Å². The van der Waals surface area contributed by atoms with E-state index in [1.807, 2.05) is 23.9 Å². The molecule has 1 fully saturated rings. The lowest BCUT2D eigenvalue weighted by atomic mass is 10.2. The molecule has 1 aromatic heterocycles. The number of rotatable bonds is 3. The minimum atomic E-state index is -0.0187. The molecule has 0 saturated carbocycles. The molecule has 1 atom stereocenters. The van der Waals surface area contributed by atoms with Crippen LogP contribution in [0.25, 0.3) is 0 Å². The van der Waals surface area contributed by atoms with Crippen molar-refractivity contribution in [2.24, 2.45) is 7.05 Å². The van der Waals surface area contributed by atoms with Crippen molar-refractivity contribution in [2.75, 3.05) is 40.3 Å². The summed E-state index contributed by atoms with van der Waals surface area (Å²) in [5.41, 5.74) is 0.679. The molecule has 1 N–H and O–H groups in total. The number of piperazine rings is 1. The van der Waals surface area contributed by atoms with Crippen LogP contribution in [-0.4, -0.2) is 66.6 Å². The second-order valence-electron chi connectivity index (χ2n) is 5.26. The normalized spacial score (nSPS) is 21.6. The average molecular weight is 329 g/mol. The molecule has 1 aliphatic heterocycles. The Morgan fingerprint density at radius 1 is 1.42 bits per heavy atom. The van der Waals surface area contributed by atoms with Crippen LogP contribution in [0.2, 0.25) is 0 Å². The fraction of sp³-hybridized carbons (Fsp3) is 0.615. The van der Waals surface area contributed by atoms with Crippen molar-refractivity contribution in [3.8, 4) is 0 Å². The Balaban J connectivity index is 1.91. The molecular formula is C13H21BrN4O. The third-order valence-corrected chi connectivity index (χ3v) is 4.12. The summed E-state index contributed by atoms with van der Waals surface area (Å²) in [6.07, 6.45) is 1.88. The smallest absolute Gasteiger partial charge is 0.267 e. The summed E-state index contributed by atoms with van der Waals surface area (Å²) in [5.74, 6) is -0.0187. The second-order valence-corrected chi connectivity index (χ2v) is 6.18. The summed E-state index contributed by atoms with van der Waals surface area (Å²) in [4.78, 5) is 16.7.